The fraction of sp³-hybridized carbons (Fsp3) is 0.391. The number of anilines is 1. The van der Waals surface area contributed by atoms with E-state index in [0.29, 0.717) is 38.9 Å². The van der Waals surface area contributed by atoms with Crippen LogP contribution in [-0.4, -0.2) is 44.2 Å². The lowest BCUT2D eigenvalue weighted by Gasteiger charge is -2.31. The average Bonchev–Trinajstić information content (AvgIpc) is 3.24. The summed E-state index contributed by atoms with van der Waals surface area (Å²) in [4.78, 5) is 26.5. The summed E-state index contributed by atoms with van der Waals surface area (Å²) in [5.41, 5.74) is 1.70. The number of nitrogens with zero attached hydrogens (tertiary/aromatic N) is 2. The number of sulfonamides is 1. The molecule has 1 N–H and O–H groups in total. The van der Waals surface area contributed by atoms with Gasteiger partial charge in [-0.1, -0.05) is 12.1 Å². The molecule has 2 aliphatic heterocycles. The van der Waals surface area contributed by atoms with Crippen molar-refractivity contribution in [2.75, 3.05) is 24.5 Å². The summed E-state index contributed by atoms with van der Waals surface area (Å²) in [7, 11) is -3.78. The summed E-state index contributed by atoms with van der Waals surface area (Å²) in [6.45, 7) is 1.42. The Morgan fingerprint density at radius 1 is 1.09 bits per heavy atom. The topological polar surface area (TPSA) is 86.8 Å². The molecule has 0 unspecified atom stereocenters. The Hall–Kier alpha value is -2.78. The van der Waals surface area contributed by atoms with Gasteiger partial charge in [0.1, 0.15) is 5.82 Å². The maximum atomic E-state index is 13.2. The fourth-order valence-corrected chi connectivity index (χ4v) is 5.74. The summed E-state index contributed by atoms with van der Waals surface area (Å²) in [5, 5.41) is 2.90. The van der Waals surface area contributed by atoms with Crippen LogP contribution in [0.25, 0.3) is 0 Å². The van der Waals surface area contributed by atoms with Crippen LogP contribution in [0.2, 0.25) is 0 Å². The van der Waals surface area contributed by atoms with Crippen LogP contribution in [0.4, 0.5) is 10.1 Å². The van der Waals surface area contributed by atoms with E-state index >= 15 is 0 Å². The Morgan fingerprint density at radius 3 is 2.59 bits per heavy atom. The largest absolute Gasteiger partial charge is 0.352 e. The van der Waals surface area contributed by atoms with E-state index in [9.17, 15) is 22.4 Å². The zero-order valence-corrected chi connectivity index (χ0v) is 18.5. The third-order valence-electron chi connectivity index (χ3n) is 5.97. The molecular formula is C23H26FN3O4S. The first-order chi connectivity index (χ1) is 15.3. The van der Waals surface area contributed by atoms with Gasteiger partial charge >= 0.3 is 0 Å². The number of carbonyl (C=O) groups is 2. The molecule has 0 bridgehead atoms. The first-order valence-electron chi connectivity index (χ1n) is 10.8. The number of hydrogen-bond acceptors (Lipinski definition) is 4. The molecule has 0 radical (unpaired) electrons. The molecule has 32 heavy (non-hydrogen) atoms. The van der Waals surface area contributed by atoms with Crippen molar-refractivity contribution in [2.45, 2.75) is 37.1 Å². The molecule has 2 fully saturated rings. The molecule has 0 aromatic heterocycles. The molecule has 2 amide bonds. The number of amides is 2. The third-order valence-corrected chi connectivity index (χ3v) is 7.85. The normalized spacial score (nSPS) is 19.8. The second kappa shape index (κ2) is 9.38. The first kappa shape index (κ1) is 22.4. The van der Waals surface area contributed by atoms with Crippen molar-refractivity contribution in [1.82, 2.24) is 9.62 Å². The van der Waals surface area contributed by atoms with Crippen molar-refractivity contribution in [3.63, 3.8) is 0 Å². The van der Waals surface area contributed by atoms with E-state index in [1.807, 2.05) is 24.3 Å². The summed E-state index contributed by atoms with van der Waals surface area (Å²) < 4.78 is 40.2. The van der Waals surface area contributed by atoms with Crippen molar-refractivity contribution in [1.29, 1.82) is 0 Å². The van der Waals surface area contributed by atoms with Crippen LogP contribution >= 0.6 is 0 Å². The first-order valence-corrected chi connectivity index (χ1v) is 12.2. The van der Waals surface area contributed by atoms with Crippen molar-refractivity contribution >= 4 is 27.5 Å². The lowest BCUT2D eigenvalue weighted by Crippen LogP contribution is -2.45. The SMILES string of the molecule is O=C(NCc1cccc(N2CCCC2=O)c1)[C@H]1CCCN(S(=O)(=O)c2ccc(F)cc2)C1. The predicted molar refractivity (Wildman–Crippen MR) is 118 cm³/mol. The zero-order valence-electron chi connectivity index (χ0n) is 17.7. The van der Waals surface area contributed by atoms with E-state index in [1.54, 1.807) is 4.90 Å². The van der Waals surface area contributed by atoms with Crippen LogP contribution in [0, 0.1) is 11.7 Å². The summed E-state index contributed by atoms with van der Waals surface area (Å²) in [6, 6.07) is 12.2. The molecule has 0 aliphatic carbocycles. The smallest absolute Gasteiger partial charge is 0.243 e. The molecule has 2 aliphatic rings. The number of rotatable bonds is 6. The monoisotopic (exact) mass is 459 g/mol. The maximum Gasteiger partial charge on any atom is 0.243 e. The van der Waals surface area contributed by atoms with Crippen LogP contribution in [0.3, 0.4) is 0 Å². The third kappa shape index (κ3) is 4.83. The van der Waals surface area contributed by atoms with Crippen molar-refractivity contribution in [2.24, 2.45) is 5.92 Å². The molecule has 1 atom stereocenters. The van der Waals surface area contributed by atoms with E-state index in [2.05, 4.69) is 5.32 Å². The molecule has 2 heterocycles. The molecule has 2 aromatic carbocycles. The lowest BCUT2D eigenvalue weighted by atomic mass is 9.98. The number of benzene rings is 2. The van der Waals surface area contributed by atoms with Gasteiger partial charge in [-0.15, -0.1) is 0 Å². The van der Waals surface area contributed by atoms with E-state index < -0.39 is 21.8 Å². The van der Waals surface area contributed by atoms with Crippen molar-refractivity contribution < 1.29 is 22.4 Å². The minimum atomic E-state index is -3.78. The fourth-order valence-electron chi connectivity index (χ4n) is 4.22. The standard InChI is InChI=1S/C23H26FN3O4S/c24-19-8-10-21(11-9-19)32(30,31)26-12-2-5-18(16-26)23(29)25-15-17-4-1-6-20(14-17)27-13-3-7-22(27)28/h1,4,6,8-11,14,18H,2-3,5,7,12-13,15-16H2,(H,25,29)/t18-/m0/s1. The van der Waals surface area contributed by atoms with E-state index in [1.165, 1.54) is 16.4 Å². The Kier molecular flexibility index (Phi) is 6.57. The van der Waals surface area contributed by atoms with Gasteiger partial charge < -0.3 is 10.2 Å². The van der Waals surface area contributed by atoms with E-state index in [4.69, 9.17) is 0 Å². The van der Waals surface area contributed by atoms with Gasteiger partial charge in [-0.3, -0.25) is 9.59 Å². The molecular weight excluding hydrogens is 433 g/mol. The zero-order chi connectivity index (χ0) is 22.7. The lowest BCUT2D eigenvalue weighted by molar-refractivity contribution is -0.126. The highest BCUT2D eigenvalue weighted by molar-refractivity contribution is 7.89. The van der Waals surface area contributed by atoms with Gasteiger partial charge in [0.2, 0.25) is 21.8 Å². The molecule has 4 rings (SSSR count). The molecule has 0 spiro atoms. The van der Waals surface area contributed by atoms with Crippen molar-refractivity contribution in [3.8, 4) is 0 Å². The summed E-state index contributed by atoms with van der Waals surface area (Å²) >= 11 is 0. The summed E-state index contributed by atoms with van der Waals surface area (Å²) in [6.07, 6.45) is 2.58. The van der Waals surface area contributed by atoms with E-state index in [0.717, 1.165) is 29.8 Å². The number of halogens is 1. The quantitative estimate of drug-likeness (QED) is 0.720. The van der Waals surface area contributed by atoms with Crippen molar-refractivity contribution in [3.05, 3.63) is 59.9 Å². The van der Waals surface area contributed by atoms with E-state index in [-0.39, 0.29) is 23.3 Å². The predicted octanol–water partition coefficient (Wildman–Crippen LogP) is 2.67. The number of piperidine rings is 1. The van der Waals surface area contributed by atoms with Gasteiger partial charge in [0, 0.05) is 38.3 Å². The number of hydrogen-bond donors (Lipinski definition) is 1. The molecule has 2 aromatic rings. The minimum Gasteiger partial charge on any atom is -0.352 e. The van der Waals surface area contributed by atoms with Gasteiger partial charge in [-0.05, 0) is 61.2 Å². The summed E-state index contributed by atoms with van der Waals surface area (Å²) in [5.74, 6) is -1.05. The second-order valence-corrected chi connectivity index (χ2v) is 10.1. The average molecular weight is 460 g/mol. The van der Waals surface area contributed by atoms with Crippen LogP contribution in [0.1, 0.15) is 31.2 Å². The molecule has 9 heteroatoms. The Bertz CT molecular complexity index is 1100. The van der Waals surface area contributed by atoms with Gasteiger partial charge in [0.15, 0.2) is 0 Å². The van der Waals surface area contributed by atoms with Crippen LogP contribution in [0.15, 0.2) is 53.4 Å². The molecule has 7 nitrogen and oxygen atoms in total. The molecule has 170 valence electrons. The second-order valence-electron chi connectivity index (χ2n) is 8.19. The highest BCUT2D eigenvalue weighted by Gasteiger charge is 2.33. The number of carbonyl (C=O) groups excluding carboxylic acids is 2. The van der Waals surface area contributed by atoms with Crippen LogP contribution in [-0.2, 0) is 26.2 Å². The molecule has 0 saturated carbocycles. The van der Waals surface area contributed by atoms with Gasteiger partial charge in [-0.25, -0.2) is 12.8 Å². The highest BCUT2D eigenvalue weighted by atomic mass is 32.2. The Labute approximate surface area is 187 Å². The van der Waals surface area contributed by atoms with Crippen LogP contribution < -0.4 is 10.2 Å². The Balaban J connectivity index is 1.38. The minimum absolute atomic E-state index is 0.0215. The van der Waals surface area contributed by atoms with Crippen LogP contribution in [0.5, 0.6) is 0 Å². The van der Waals surface area contributed by atoms with Gasteiger partial charge in [-0.2, -0.15) is 4.31 Å². The number of nitrogens with one attached hydrogen (secondary N) is 1. The van der Waals surface area contributed by atoms with Gasteiger partial charge in [0.05, 0.1) is 10.8 Å². The maximum absolute atomic E-state index is 13.2. The highest BCUT2D eigenvalue weighted by Crippen LogP contribution is 2.25. The Morgan fingerprint density at radius 2 is 1.88 bits per heavy atom. The molecule has 2 saturated heterocycles. The van der Waals surface area contributed by atoms with Gasteiger partial charge in [0.25, 0.3) is 0 Å².